The Labute approximate surface area is 69.5 Å². The van der Waals surface area contributed by atoms with Crippen LogP contribution in [-0.2, 0) is 4.84 Å². The summed E-state index contributed by atoms with van der Waals surface area (Å²) in [6.07, 6.45) is 2.11. The molecule has 2 N–H and O–H groups in total. The summed E-state index contributed by atoms with van der Waals surface area (Å²) in [6, 6.07) is 0. The molecule has 0 aromatic heterocycles. The van der Waals surface area contributed by atoms with Gasteiger partial charge in [0.1, 0.15) is 0 Å². The fraction of sp³-hybridized carbons (Fsp3) is 1.00. The molecule has 68 valence electrons. The minimum atomic E-state index is -0.0470. The van der Waals surface area contributed by atoms with Crippen molar-refractivity contribution in [3.8, 4) is 0 Å². The number of hydroxylamine groups is 2. The van der Waals surface area contributed by atoms with Crippen LogP contribution in [0, 0.1) is 0 Å². The zero-order valence-corrected chi connectivity index (χ0v) is 8.05. The zero-order valence-electron chi connectivity index (χ0n) is 8.05. The molecule has 3 nitrogen and oxygen atoms in total. The van der Waals surface area contributed by atoms with E-state index in [9.17, 15) is 0 Å². The molecule has 0 aliphatic rings. The molecule has 0 aromatic carbocycles. The van der Waals surface area contributed by atoms with Crippen LogP contribution in [0.2, 0.25) is 0 Å². The lowest BCUT2D eigenvalue weighted by atomic mass is 10.0. The second-order valence-electron chi connectivity index (χ2n) is 3.63. The summed E-state index contributed by atoms with van der Waals surface area (Å²) < 4.78 is 0. The molecule has 0 rings (SSSR count). The number of nitrogens with zero attached hydrogens (tertiary/aromatic N) is 1. The van der Waals surface area contributed by atoms with Gasteiger partial charge < -0.3 is 10.6 Å². The van der Waals surface area contributed by atoms with Crippen molar-refractivity contribution < 1.29 is 4.84 Å². The largest absolute Gasteiger partial charge is 0.326 e. The maximum absolute atomic E-state index is 5.80. The molecule has 0 unspecified atom stereocenters. The predicted octanol–water partition coefficient (Wildman–Crippen LogP) is 0.997. The van der Waals surface area contributed by atoms with Crippen molar-refractivity contribution in [2.24, 2.45) is 5.73 Å². The fourth-order valence-corrected chi connectivity index (χ4v) is 0.849. The minimum Gasteiger partial charge on any atom is -0.326 e. The Morgan fingerprint density at radius 2 is 2.00 bits per heavy atom. The summed E-state index contributed by atoms with van der Waals surface area (Å²) in [5.41, 5.74) is 5.76. The standard InChI is InChI=1S/C8H20N2O/c1-8(2,9)6-5-7-10(3)11-4/h5-7,9H2,1-4H3. The van der Waals surface area contributed by atoms with Gasteiger partial charge >= 0.3 is 0 Å². The first-order valence-electron chi connectivity index (χ1n) is 4.00. The Morgan fingerprint density at radius 3 is 2.36 bits per heavy atom. The molecule has 0 radical (unpaired) electrons. The van der Waals surface area contributed by atoms with E-state index < -0.39 is 0 Å². The second kappa shape index (κ2) is 4.70. The smallest absolute Gasteiger partial charge is 0.0575 e. The van der Waals surface area contributed by atoms with Gasteiger partial charge in [-0.1, -0.05) is 0 Å². The quantitative estimate of drug-likeness (QED) is 0.610. The van der Waals surface area contributed by atoms with Gasteiger partial charge in [-0.05, 0) is 26.7 Å². The Morgan fingerprint density at radius 1 is 1.45 bits per heavy atom. The monoisotopic (exact) mass is 160 g/mol. The van der Waals surface area contributed by atoms with Crippen LogP contribution in [0.5, 0.6) is 0 Å². The SMILES string of the molecule is CON(C)CCCC(C)(C)N. The summed E-state index contributed by atoms with van der Waals surface area (Å²) in [6.45, 7) is 5.02. The normalized spacial score (nSPS) is 12.5. The van der Waals surface area contributed by atoms with Crippen molar-refractivity contribution in [3.05, 3.63) is 0 Å². The van der Waals surface area contributed by atoms with E-state index in [0.29, 0.717) is 0 Å². The van der Waals surface area contributed by atoms with E-state index in [-0.39, 0.29) is 5.54 Å². The van der Waals surface area contributed by atoms with Crippen molar-refractivity contribution in [2.75, 3.05) is 20.7 Å². The average molecular weight is 160 g/mol. The summed E-state index contributed by atoms with van der Waals surface area (Å²) in [7, 11) is 3.59. The van der Waals surface area contributed by atoms with Gasteiger partial charge in [0.05, 0.1) is 7.11 Å². The Hall–Kier alpha value is -0.120. The molecule has 0 spiro atoms. The maximum Gasteiger partial charge on any atom is 0.0575 e. The van der Waals surface area contributed by atoms with Crippen LogP contribution >= 0.6 is 0 Å². The number of hydrogen-bond donors (Lipinski definition) is 1. The molecule has 0 amide bonds. The van der Waals surface area contributed by atoms with Crippen LogP contribution in [0.15, 0.2) is 0 Å². The second-order valence-corrected chi connectivity index (χ2v) is 3.63. The first-order chi connectivity index (χ1) is 4.95. The van der Waals surface area contributed by atoms with Crippen LogP contribution in [0.25, 0.3) is 0 Å². The molecule has 0 saturated heterocycles. The molecule has 11 heavy (non-hydrogen) atoms. The molecule has 0 aromatic rings. The third kappa shape index (κ3) is 7.78. The van der Waals surface area contributed by atoms with E-state index in [1.54, 1.807) is 7.11 Å². The van der Waals surface area contributed by atoms with Crippen molar-refractivity contribution in [3.63, 3.8) is 0 Å². The Balaban J connectivity index is 3.28. The summed E-state index contributed by atoms with van der Waals surface area (Å²) in [5.74, 6) is 0. The van der Waals surface area contributed by atoms with Gasteiger partial charge in [-0.25, -0.2) is 0 Å². The summed E-state index contributed by atoms with van der Waals surface area (Å²) in [5, 5.41) is 1.81. The van der Waals surface area contributed by atoms with E-state index in [2.05, 4.69) is 0 Å². The number of nitrogens with two attached hydrogens (primary N) is 1. The van der Waals surface area contributed by atoms with Gasteiger partial charge in [-0.2, -0.15) is 5.06 Å². The summed E-state index contributed by atoms with van der Waals surface area (Å²) in [4.78, 5) is 4.96. The summed E-state index contributed by atoms with van der Waals surface area (Å²) >= 11 is 0. The van der Waals surface area contributed by atoms with Crippen LogP contribution in [-0.4, -0.2) is 31.3 Å². The lowest BCUT2D eigenvalue weighted by molar-refractivity contribution is -0.110. The van der Waals surface area contributed by atoms with Crippen molar-refractivity contribution in [1.29, 1.82) is 0 Å². The van der Waals surface area contributed by atoms with Gasteiger partial charge in [-0.15, -0.1) is 0 Å². The lowest BCUT2D eigenvalue weighted by Gasteiger charge is -2.20. The van der Waals surface area contributed by atoms with E-state index in [4.69, 9.17) is 10.6 Å². The Bertz CT molecular complexity index is 98.8. The first kappa shape index (κ1) is 10.9. The Kier molecular flexibility index (Phi) is 4.65. The molecule has 0 aliphatic heterocycles. The van der Waals surface area contributed by atoms with Gasteiger partial charge in [0.25, 0.3) is 0 Å². The molecule has 3 heteroatoms. The average Bonchev–Trinajstić information content (AvgIpc) is 1.85. The topological polar surface area (TPSA) is 38.5 Å². The third-order valence-corrected chi connectivity index (χ3v) is 1.61. The maximum atomic E-state index is 5.80. The lowest BCUT2D eigenvalue weighted by Crippen LogP contribution is -2.32. The first-order valence-corrected chi connectivity index (χ1v) is 4.00. The molecule has 0 heterocycles. The van der Waals surface area contributed by atoms with Crippen LogP contribution in [0.1, 0.15) is 26.7 Å². The van der Waals surface area contributed by atoms with Crippen LogP contribution < -0.4 is 5.73 Å². The van der Waals surface area contributed by atoms with Gasteiger partial charge in [-0.3, -0.25) is 0 Å². The molecule has 0 aliphatic carbocycles. The van der Waals surface area contributed by atoms with Crippen molar-refractivity contribution >= 4 is 0 Å². The number of hydrogen-bond acceptors (Lipinski definition) is 3. The predicted molar refractivity (Wildman–Crippen MR) is 47.1 cm³/mol. The zero-order chi connectivity index (χ0) is 8.91. The highest BCUT2D eigenvalue weighted by Gasteiger charge is 2.09. The molecule has 0 bridgehead atoms. The van der Waals surface area contributed by atoms with E-state index in [1.807, 2.05) is 26.0 Å². The highest BCUT2D eigenvalue weighted by molar-refractivity contribution is 4.71. The highest BCUT2D eigenvalue weighted by atomic mass is 16.7. The minimum absolute atomic E-state index is 0.0470. The molecule has 0 fully saturated rings. The molecule has 0 saturated carbocycles. The van der Waals surface area contributed by atoms with Gasteiger partial charge in [0.2, 0.25) is 0 Å². The van der Waals surface area contributed by atoms with Crippen molar-refractivity contribution in [1.82, 2.24) is 5.06 Å². The van der Waals surface area contributed by atoms with Crippen molar-refractivity contribution in [2.45, 2.75) is 32.2 Å². The van der Waals surface area contributed by atoms with E-state index in [0.717, 1.165) is 19.4 Å². The van der Waals surface area contributed by atoms with Gasteiger partial charge in [0, 0.05) is 19.1 Å². The fourth-order valence-electron chi connectivity index (χ4n) is 0.849. The van der Waals surface area contributed by atoms with E-state index in [1.165, 1.54) is 0 Å². The van der Waals surface area contributed by atoms with Crippen LogP contribution in [0.4, 0.5) is 0 Å². The highest BCUT2D eigenvalue weighted by Crippen LogP contribution is 2.06. The third-order valence-electron chi connectivity index (χ3n) is 1.61. The van der Waals surface area contributed by atoms with E-state index >= 15 is 0 Å². The van der Waals surface area contributed by atoms with Gasteiger partial charge in [0.15, 0.2) is 0 Å². The molecular formula is C8H20N2O. The van der Waals surface area contributed by atoms with Crippen LogP contribution in [0.3, 0.4) is 0 Å². The molecule has 0 atom stereocenters. The molecular weight excluding hydrogens is 140 g/mol. The number of rotatable bonds is 5.